The van der Waals surface area contributed by atoms with Crippen LogP contribution in [0.15, 0.2) is 12.1 Å². The van der Waals surface area contributed by atoms with Crippen LogP contribution in [-0.2, 0) is 17.8 Å². The number of nitrogens with one attached hydrogen (secondary N) is 1. The summed E-state index contributed by atoms with van der Waals surface area (Å²) in [5, 5.41) is 12.0. The number of hydrogen-bond donors (Lipinski definition) is 2. The van der Waals surface area contributed by atoms with E-state index in [-0.39, 0.29) is 6.03 Å². The molecule has 0 bridgehead atoms. The SMILES string of the molecule is CCc1ccc(CNC(=O)N2CCCCC2C(=O)O)s1. The third-order valence-electron chi connectivity index (χ3n) is 3.53. The van der Waals surface area contributed by atoms with Crippen LogP contribution in [0.1, 0.15) is 35.9 Å². The van der Waals surface area contributed by atoms with Crippen LogP contribution in [0.5, 0.6) is 0 Å². The molecule has 2 rings (SSSR count). The smallest absolute Gasteiger partial charge is 0.326 e. The zero-order valence-corrected chi connectivity index (χ0v) is 12.4. The molecule has 2 N–H and O–H groups in total. The van der Waals surface area contributed by atoms with Gasteiger partial charge in [-0.05, 0) is 37.8 Å². The van der Waals surface area contributed by atoms with E-state index in [1.807, 2.05) is 6.07 Å². The number of urea groups is 1. The highest BCUT2D eigenvalue weighted by atomic mass is 32.1. The van der Waals surface area contributed by atoms with Gasteiger partial charge in [0.15, 0.2) is 0 Å². The first kappa shape index (κ1) is 14.8. The average Bonchev–Trinajstić information content (AvgIpc) is 2.92. The van der Waals surface area contributed by atoms with Crippen molar-refractivity contribution in [1.82, 2.24) is 10.2 Å². The van der Waals surface area contributed by atoms with Crippen LogP contribution in [0.25, 0.3) is 0 Å². The molecular formula is C14H20N2O3S. The number of carbonyl (C=O) groups excluding carboxylic acids is 1. The zero-order valence-electron chi connectivity index (χ0n) is 11.6. The quantitative estimate of drug-likeness (QED) is 0.896. The molecule has 5 nitrogen and oxygen atoms in total. The minimum atomic E-state index is -0.913. The van der Waals surface area contributed by atoms with Crippen molar-refractivity contribution in [3.8, 4) is 0 Å². The average molecular weight is 296 g/mol. The number of thiophene rings is 1. The molecule has 1 atom stereocenters. The lowest BCUT2D eigenvalue weighted by Crippen LogP contribution is -2.51. The topological polar surface area (TPSA) is 69.6 Å². The summed E-state index contributed by atoms with van der Waals surface area (Å²) in [4.78, 5) is 27.1. The predicted octanol–water partition coefficient (Wildman–Crippen LogP) is 2.46. The molecule has 1 saturated heterocycles. The second-order valence-corrected chi connectivity index (χ2v) is 6.18. The van der Waals surface area contributed by atoms with Gasteiger partial charge in [0.2, 0.25) is 0 Å². The van der Waals surface area contributed by atoms with Gasteiger partial charge in [-0.1, -0.05) is 6.92 Å². The van der Waals surface area contributed by atoms with Crippen LogP contribution < -0.4 is 5.32 Å². The van der Waals surface area contributed by atoms with E-state index in [0.29, 0.717) is 19.5 Å². The minimum absolute atomic E-state index is 0.274. The number of aliphatic carboxylic acids is 1. The van der Waals surface area contributed by atoms with E-state index in [1.54, 1.807) is 11.3 Å². The second-order valence-electron chi connectivity index (χ2n) is 4.92. The molecular weight excluding hydrogens is 276 g/mol. The Morgan fingerprint density at radius 1 is 1.40 bits per heavy atom. The zero-order chi connectivity index (χ0) is 14.5. The number of piperidine rings is 1. The van der Waals surface area contributed by atoms with Crippen molar-refractivity contribution in [2.45, 2.75) is 45.2 Å². The highest BCUT2D eigenvalue weighted by Crippen LogP contribution is 2.19. The molecule has 1 aromatic heterocycles. The lowest BCUT2D eigenvalue weighted by Gasteiger charge is -2.32. The summed E-state index contributed by atoms with van der Waals surface area (Å²) in [6.45, 7) is 3.08. The predicted molar refractivity (Wildman–Crippen MR) is 77.9 cm³/mol. The van der Waals surface area contributed by atoms with Crippen molar-refractivity contribution in [3.63, 3.8) is 0 Å². The van der Waals surface area contributed by atoms with Gasteiger partial charge in [0.05, 0.1) is 6.54 Å². The fourth-order valence-electron chi connectivity index (χ4n) is 2.40. The molecule has 0 saturated carbocycles. The number of carboxylic acid groups (broad SMARTS) is 1. The molecule has 2 heterocycles. The number of aryl methyl sites for hydroxylation is 1. The van der Waals surface area contributed by atoms with Gasteiger partial charge < -0.3 is 15.3 Å². The van der Waals surface area contributed by atoms with Crippen molar-refractivity contribution in [2.75, 3.05) is 6.54 Å². The molecule has 1 aliphatic heterocycles. The van der Waals surface area contributed by atoms with E-state index >= 15 is 0 Å². The van der Waals surface area contributed by atoms with Gasteiger partial charge in [-0.25, -0.2) is 9.59 Å². The highest BCUT2D eigenvalue weighted by Gasteiger charge is 2.31. The monoisotopic (exact) mass is 296 g/mol. The Balaban J connectivity index is 1.91. The molecule has 110 valence electrons. The maximum absolute atomic E-state index is 12.1. The molecule has 1 aliphatic rings. The standard InChI is InChI=1S/C14H20N2O3S/c1-2-10-6-7-11(20-10)9-15-14(19)16-8-4-3-5-12(16)13(17)18/h6-7,12H,2-5,8-9H2,1H3,(H,15,19)(H,17,18). The van der Waals surface area contributed by atoms with E-state index < -0.39 is 12.0 Å². The molecule has 0 aliphatic carbocycles. The Morgan fingerprint density at radius 2 is 2.15 bits per heavy atom. The first-order valence-corrected chi connectivity index (χ1v) is 7.78. The highest BCUT2D eigenvalue weighted by molar-refractivity contribution is 7.11. The number of nitrogens with zero attached hydrogens (tertiary/aromatic N) is 1. The number of carboxylic acids is 1. The molecule has 6 heteroatoms. The number of hydrogen-bond acceptors (Lipinski definition) is 3. The third-order valence-corrected chi connectivity index (χ3v) is 4.76. The summed E-state index contributed by atoms with van der Waals surface area (Å²) in [5.41, 5.74) is 0. The van der Waals surface area contributed by atoms with Gasteiger partial charge in [0, 0.05) is 16.3 Å². The van der Waals surface area contributed by atoms with Crippen molar-refractivity contribution in [1.29, 1.82) is 0 Å². The molecule has 1 unspecified atom stereocenters. The minimum Gasteiger partial charge on any atom is -0.480 e. The summed E-state index contributed by atoms with van der Waals surface area (Å²) in [6.07, 6.45) is 3.27. The van der Waals surface area contributed by atoms with Gasteiger partial charge in [-0.2, -0.15) is 0 Å². The molecule has 1 fully saturated rings. The first-order valence-electron chi connectivity index (χ1n) is 6.96. The lowest BCUT2D eigenvalue weighted by molar-refractivity contribution is -0.143. The fraction of sp³-hybridized carbons (Fsp3) is 0.571. The Labute approximate surface area is 122 Å². The van der Waals surface area contributed by atoms with E-state index in [1.165, 1.54) is 9.78 Å². The molecule has 0 spiro atoms. The van der Waals surface area contributed by atoms with Crippen LogP contribution in [0.3, 0.4) is 0 Å². The summed E-state index contributed by atoms with van der Waals surface area (Å²) >= 11 is 1.68. The third kappa shape index (κ3) is 3.50. The molecule has 1 aromatic rings. The summed E-state index contributed by atoms with van der Waals surface area (Å²) in [5.74, 6) is -0.913. The van der Waals surface area contributed by atoms with Crippen LogP contribution in [-0.4, -0.2) is 34.6 Å². The van der Waals surface area contributed by atoms with Crippen molar-refractivity contribution in [3.05, 3.63) is 21.9 Å². The number of amides is 2. The Bertz CT molecular complexity index is 487. The van der Waals surface area contributed by atoms with Gasteiger partial charge in [-0.3, -0.25) is 0 Å². The first-order chi connectivity index (χ1) is 9.61. The Morgan fingerprint density at radius 3 is 2.80 bits per heavy atom. The Kier molecular flexibility index (Phi) is 5.00. The Hall–Kier alpha value is -1.56. The fourth-order valence-corrected chi connectivity index (χ4v) is 3.30. The van der Waals surface area contributed by atoms with Gasteiger partial charge in [0.25, 0.3) is 0 Å². The van der Waals surface area contributed by atoms with E-state index in [0.717, 1.165) is 24.1 Å². The van der Waals surface area contributed by atoms with Gasteiger partial charge in [0.1, 0.15) is 6.04 Å². The molecule has 0 radical (unpaired) electrons. The van der Waals surface area contributed by atoms with Crippen LogP contribution >= 0.6 is 11.3 Å². The lowest BCUT2D eigenvalue weighted by atomic mass is 10.0. The summed E-state index contributed by atoms with van der Waals surface area (Å²) < 4.78 is 0. The van der Waals surface area contributed by atoms with Crippen molar-refractivity contribution in [2.24, 2.45) is 0 Å². The largest absolute Gasteiger partial charge is 0.480 e. The molecule has 0 aromatic carbocycles. The number of rotatable bonds is 4. The maximum Gasteiger partial charge on any atom is 0.326 e. The second kappa shape index (κ2) is 6.74. The van der Waals surface area contributed by atoms with Gasteiger partial charge in [-0.15, -0.1) is 11.3 Å². The van der Waals surface area contributed by atoms with E-state index in [9.17, 15) is 9.59 Å². The van der Waals surface area contributed by atoms with Crippen LogP contribution in [0.4, 0.5) is 4.79 Å². The van der Waals surface area contributed by atoms with Crippen LogP contribution in [0, 0.1) is 0 Å². The van der Waals surface area contributed by atoms with E-state index in [2.05, 4.69) is 18.3 Å². The van der Waals surface area contributed by atoms with Gasteiger partial charge >= 0.3 is 12.0 Å². The molecule has 2 amide bonds. The van der Waals surface area contributed by atoms with E-state index in [4.69, 9.17) is 5.11 Å². The van der Waals surface area contributed by atoms with Crippen LogP contribution in [0.2, 0.25) is 0 Å². The number of carbonyl (C=O) groups is 2. The number of likely N-dealkylation sites (tertiary alicyclic amines) is 1. The van der Waals surface area contributed by atoms with Crippen molar-refractivity contribution >= 4 is 23.3 Å². The maximum atomic E-state index is 12.1. The van der Waals surface area contributed by atoms with Crippen molar-refractivity contribution < 1.29 is 14.7 Å². The molecule has 20 heavy (non-hydrogen) atoms. The normalized spacial score (nSPS) is 18.9. The summed E-state index contributed by atoms with van der Waals surface area (Å²) in [6, 6.07) is 3.11. The summed E-state index contributed by atoms with van der Waals surface area (Å²) in [7, 11) is 0.